The van der Waals surface area contributed by atoms with E-state index in [1.165, 1.54) is 12.1 Å². The zero-order chi connectivity index (χ0) is 20.6. The van der Waals surface area contributed by atoms with Gasteiger partial charge >= 0.3 is 5.97 Å². The maximum Gasteiger partial charge on any atom is 0.342 e. The Labute approximate surface area is 165 Å². The molecule has 7 heteroatoms. The van der Waals surface area contributed by atoms with Crippen molar-refractivity contribution in [2.24, 2.45) is 0 Å². The van der Waals surface area contributed by atoms with Crippen molar-refractivity contribution in [1.29, 1.82) is 0 Å². The van der Waals surface area contributed by atoms with E-state index in [1.807, 2.05) is 35.6 Å². The molecule has 3 aromatic rings. The van der Waals surface area contributed by atoms with Crippen LogP contribution in [0.3, 0.4) is 0 Å². The van der Waals surface area contributed by atoms with Gasteiger partial charge in [0.2, 0.25) is 0 Å². The van der Waals surface area contributed by atoms with Gasteiger partial charge < -0.3 is 14.8 Å². The molecule has 0 bridgehead atoms. The van der Waals surface area contributed by atoms with E-state index in [1.54, 1.807) is 18.2 Å². The van der Waals surface area contributed by atoms with Crippen LogP contribution in [-0.4, -0.2) is 18.5 Å². The van der Waals surface area contributed by atoms with Gasteiger partial charge in [0.1, 0.15) is 35.2 Å². The number of ether oxygens (including phenoxy) is 2. The fourth-order valence-corrected chi connectivity index (χ4v) is 2.50. The Bertz CT molecular complexity index is 988. The van der Waals surface area contributed by atoms with E-state index < -0.39 is 35.8 Å². The normalized spacial score (nSPS) is 10.3. The van der Waals surface area contributed by atoms with E-state index in [0.29, 0.717) is 5.75 Å². The van der Waals surface area contributed by atoms with Gasteiger partial charge in [-0.2, -0.15) is 0 Å². The van der Waals surface area contributed by atoms with E-state index in [9.17, 15) is 18.4 Å². The van der Waals surface area contributed by atoms with Crippen molar-refractivity contribution < 1.29 is 27.8 Å². The maximum absolute atomic E-state index is 13.6. The molecule has 0 saturated carbocycles. The first-order chi connectivity index (χ1) is 14.0. The summed E-state index contributed by atoms with van der Waals surface area (Å²) in [4.78, 5) is 24.2. The average molecular weight is 397 g/mol. The van der Waals surface area contributed by atoms with E-state index in [0.717, 1.165) is 17.7 Å². The van der Waals surface area contributed by atoms with E-state index in [4.69, 9.17) is 9.47 Å². The van der Waals surface area contributed by atoms with Gasteiger partial charge in [-0.1, -0.05) is 48.5 Å². The minimum Gasteiger partial charge on any atom is -0.488 e. The van der Waals surface area contributed by atoms with Crippen molar-refractivity contribution in [1.82, 2.24) is 0 Å². The predicted octanol–water partition coefficient (Wildman–Crippen LogP) is 4.34. The van der Waals surface area contributed by atoms with Gasteiger partial charge in [0.15, 0.2) is 6.61 Å². The molecule has 0 heterocycles. The van der Waals surface area contributed by atoms with Crippen LogP contribution in [-0.2, 0) is 16.1 Å². The lowest BCUT2D eigenvalue weighted by Crippen LogP contribution is -2.22. The Kier molecular flexibility index (Phi) is 6.52. The molecule has 5 nitrogen and oxygen atoms in total. The van der Waals surface area contributed by atoms with Crippen LogP contribution in [0.2, 0.25) is 0 Å². The molecule has 0 aliphatic rings. The number of hydrogen-bond donors (Lipinski definition) is 1. The number of carbonyl (C=O) groups is 2. The highest BCUT2D eigenvalue weighted by molar-refractivity contribution is 5.96. The molecule has 3 rings (SSSR count). The van der Waals surface area contributed by atoms with E-state index in [2.05, 4.69) is 0 Å². The van der Waals surface area contributed by atoms with Crippen molar-refractivity contribution in [3.63, 3.8) is 0 Å². The molecule has 1 amide bonds. The molecular weight excluding hydrogens is 380 g/mol. The minimum absolute atomic E-state index is 0.133. The molecule has 148 valence electrons. The molecule has 0 unspecified atom stereocenters. The molecule has 0 fully saturated rings. The smallest absolute Gasteiger partial charge is 0.342 e. The topological polar surface area (TPSA) is 64.6 Å². The molecule has 0 aromatic heterocycles. The molecule has 0 atom stereocenters. The van der Waals surface area contributed by atoms with Gasteiger partial charge in [0, 0.05) is 0 Å². The first-order valence-electron chi connectivity index (χ1n) is 8.71. The van der Waals surface area contributed by atoms with E-state index in [-0.39, 0.29) is 12.2 Å². The average Bonchev–Trinajstić information content (AvgIpc) is 2.74. The number of carbonyl (C=O) groups excluding carboxylic acids is 2. The highest BCUT2D eigenvalue weighted by Gasteiger charge is 2.17. The van der Waals surface area contributed by atoms with Gasteiger partial charge in [0.05, 0.1) is 0 Å². The molecule has 0 saturated heterocycles. The molecule has 0 spiro atoms. The summed E-state index contributed by atoms with van der Waals surface area (Å²) in [6, 6.07) is 19.0. The maximum atomic E-state index is 13.6. The van der Waals surface area contributed by atoms with Crippen molar-refractivity contribution in [3.05, 3.63) is 95.6 Å². The van der Waals surface area contributed by atoms with Crippen LogP contribution in [0, 0.1) is 11.6 Å². The number of rotatable bonds is 7. The number of esters is 1. The molecule has 0 aliphatic heterocycles. The molecule has 3 aromatic carbocycles. The highest BCUT2D eigenvalue weighted by Crippen LogP contribution is 2.21. The van der Waals surface area contributed by atoms with Crippen molar-refractivity contribution in [2.45, 2.75) is 6.61 Å². The number of hydrogen-bond acceptors (Lipinski definition) is 4. The highest BCUT2D eigenvalue weighted by atomic mass is 19.1. The summed E-state index contributed by atoms with van der Waals surface area (Å²) in [5.41, 5.74) is 0.454. The number of para-hydroxylation sites is 2. The summed E-state index contributed by atoms with van der Waals surface area (Å²) in [5, 5.41) is 2.05. The van der Waals surface area contributed by atoms with Gasteiger partial charge in [-0.15, -0.1) is 0 Å². The third kappa shape index (κ3) is 5.38. The van der Waals surface area contributed by atoms with Crippen LogP contribution in [0.15, 0.2) is 72.8 Å². The number of amides is 1. The second kappa shape index (κ2) is 9.45. The SMILES string of the molecule is O=C(COC(=O)c1ccccc1OCc1ccccc1)Nc1c(F)cccc1F. The third-order valence-corrected chi connectivity index (χ3v) is 3.91. The molecule has 1 N–H and O–H groups in total. The van der Waals surface area contributed by atoms with Crippen LogP contribution in [0.5, 0.6) is 5.75 Å². The van der Waals surface area contributed by atoms with Crippen LogP contribution >= 0.6 is 0 Å². The number of nitrogens with one attached hydrogen (secondary N) is 1. The lowest BCUT2D eigenvalue weighted by molar-refractivity contribution is -0.119. The van der Waals surface area contributed by atoms with Crippen molar-refractivity contribution in [2.75, 3.05) is 11.9 Å². The van der Waals surface area contributed by atoms with Gasteiger partial charge in [-0.3, -0.25) is 4.79 Å². The Morgan fingerprint density at radius 3 is 2.21 bits per heavy atom. The Hall–Kier alpha value is -3.74. The van der Waals surface area contributed by atoms with Crippen molar-refractivity contribution >= 4 is 17.6 Å². The van der Waals surface area contributed by atoms with Crippen molar-refractivity contribution in [3.8, 4) is 5.75 Å². The number of benzene rings is 3. The van der Waals surface area contributed by atoms with Crippen LogP contribution in [0.4, 0.5) is 14.5 Å². The first-order valence-corrected chi connectivity index (χ1v) is 8.71. The van der Waals surface area contributed by atoms with Gasteiger partial charge in [-0.05, 0) is 29.8 Å². The Morgan fingerprint density at radius 2 is 1.48 bits per heavy atom. The summed E-state index contributed by atoms with van der Waals surface area (Å²) in [5.74, 6) is -3.22. The number of anilines is 1. The Balaban J connectivity index is 1.60. The monoisotopic (exact) mass is 397 g/mol. The Morgan fingerprint density at radius 1 is 0.828 bits per heavy atom. The lowest BCUT2D eigenvalue weighted by atomic mass is 10.2. The van der Waals surface area contributed by atoms with Crippen LogP contribution in [0.25, 0.3) is 0 Å². The first kappa shape index (κ1) is 20.0. The molecule has 29 heavy (non-hydrogen) atoms. The third-order valence-electron chi connectivity index (χ3n) is 3.91. The van der Waals surface area contributed by atoms with Crippen LogP contribution in [0.1, 0.15) is 15.9 Å². The summed E-state index contributed by atoms with van der Waals surface area (Å²) < 4.78 is 37.8. The predicted molar refractivity (Wildman–Crippen MR) is 102 cm³/mol. The zero-order valence-corrected chi connectivity index (χ0v) is 15.2. The second-order valence-corrected chi connectivity index (χ2v) is 5.99. The second-order valence-electron chi connectivity index (χ2n) is 5.99. The number of halogens is 2. The minimum atomic E-state index is -0.927. The molecular formula is C22H17F2NO4. The lowest BCUT2D eigenvalue weighted by Gasteiger charge is -2.12. The standard InChI is InChI=1S/C22H17F2NO4/c23-17-10-6-11-18(24)21(17)25-20(26)14-29-22(27)16-9-4-5-12-19(16)28-13-15-7-2-1-3-8-15/h1-12H,13-14H2,(H,25,26). The van der Waals surface area contributed by atoms with E-state index >= 15 is 0 Å². The largest absolute Gasteiger partial charge is 0.488 e. The molecule has 0 radical (unpaired) electrons. The summed E-state index contributed by atoms with van der Waals surface area (Å²) in [7, 11) is 0. The summed E-state index contributed by atoms with van der Waals surface area (Å²) >= 11 is 0. The fraction of sp³-hybridized carbons (Fsp3) is 0.0909. The summed E-state index contributed by atoms with van der Waals surface area (Å²) in [6.07, 6.45) is 0. The quantitative estimate of drug-likeness (QED) is 0.603. The van der Waals surface area contributed by atoms with Gasteiger partial charge in [0.25, 0.3) is 5.91 Å². The van der Waals surface area contributed by atoms with Gasteiger partial charge in [-0.25, -0.2) is 13.6 Å². The fourth-order valence-electron chi connectivity index (χ4n) is 2.50. The zero-order valence-electron chi connectivity index (χ0n) is 15.2. The van der Waals surface area contributed by atoms with Crippen LogP contribution < -0.4 is 10.1 Å². The molecule has 0 aliphatic carbocycles. The summed E-state index contributed by atoms with van der Waals surface area (Å²) in [6.45, 7) is -0.461.